The summed E-state index contributed by atoms with van der Waals surface area (Å²) in [6.45, 7) is 0.850. The molecule has 7 heteroatoms. The van der Waals surface area contributed by atoms with Crippen LogP contribution in [0.3, 0.4) is 0 Å². The van der Waals surface area contributed by atoms with Gasteiger partial charge < -0.3 is 4.90 Å². The van der Waals surface area contributed by atoms with Gasteiger partial charge in [0.2, 0.25) is 0 Å². The predicted molar refractivity (Wildman–Crippen MR) is 93.9 cm³/mol. The Balaban J connectivity index is 1.83. The molecule has 132 valence electrons. The van der Waals surface area contributed by atoms with Crippen LogP contribution in [0, 0.1) is 0 Å². The van der Waals surface area contributed by atoms with E-state index in [0.717, 1.165) is 30.9 Å². The summed E-state index contributed by atoms with van der Waals surface area (Å²) >= 11 is 0. The first-order chi connectivity index (χ1) is 11.9. The molecule has 2 aromatic rings. The van der Waals surface area contributed by atoms with E-state index in [0.29, 0.717) is 5.69 Å². The minimum atomic E-state index is -4.46. The standard InChI is InChI=1S/C18H17F3N2OS/c19-18(20,21)13-25(24)16-9-4-6-14(12-16)22-17-10-5-11-23(17)15-7-2-1-3-8-15/h1-4,6-9,12H,5,10-11,13H2. The largest absolute Gasteiger partial charge is 0.400 e. The Bertz CT molecular complexity index is 790. The number of anilines is 1. The van der Waals surface area contributed by atoms with Crippen molar-refractivity contribution in [1.29, 1.82) is 0 Å². The monoisotopic (exact) mass is 366 g/mol. The van der Waals surface area contributed by atoms with E-state index in [-0.39, 0.29) is 4.90 Å². The molecule has 0 spiro atoms. The first-order valence-corrected chi connectivity index (χ1v) is 9.20. The molecule has 0 bridgehead atoms. The van der Waals surface area contributed by atoms with Crippen LogP contribution < -0.4 is 4.90 Å². The van der Waals surface area contributed by atoms with Crippen LogP contribution in [-0.4, -0.2) is 28.5 Å². The highest BCUT2D eigenvalue weighted by atomic mass is 32.2. The second-order valence-electron chi connectivity index (χ2n) is 5.72. The van der Waals surface area contributed by atoms with Crippen molar-refractivity contribution in [3.05, 3.63) is 54.6 Å². The van der Waals surface area contributed by atoms with Gasteiger partial charge in [0, 0.05) is 23.5 Å². The highest BCUT2D eigenvalue weighted by Gasteiger charge is 2.31. The van der Waals surface area contributed by atoms with E-state index in [1.807, 2.05) is 30.3 Å². The van der Waals surface area contributed by atoms with Crippen molar-refractivity contribution in [3.8, 4) is 0 Å². The Kier molecular flexibility index (Phi) is 5.22. The van der Waals surface area contributed by atoms with Gasteiger partial charge in [-0.1, -0.05) is 24.3 Å². The lowest BCUT2D eigenvalue weighted by Crippen LogP contribution is -2.23. The average Bonchev–Trinajstić information content (AvgIpc) is 3.02. The Morgan fingerprint density at radius 2 is 1.84 bits per heavy atom. The van der Waals surface area contributed by atoms with E-state index in [9.17, 15) is 17.4 Å². The van der Waals surface area contributed by atoms with E-state index in [1.165, 1.54) is 12.1 Å². The van der Waals surface area contributed by atoms with Crippen LogP contribution >= 0.6 is 0 Å². The zero-order chi connectivity index (χ0) is 17.9. The van der Waals surface area contributed by atoms with Gasteiger partial charge in [-0.2, -0.15) is 13.2 Å². The van der Waals surface area contributed by atoms with Gasteiger partial charge in [0.25, 0.3) is 0 Å². The number of hydrogen-bond donors (Lipinski definition) is 0. The fraction of sp³-hybridized carbons (Fsp3) is 0.278. The molecule has 0 aromatic heterocycles. The molecule has 1 atom stereocenters. The van der Waals surface area contributed by atoms with Gasteiger partial charge in [0.1, 0.15) is 11.6 Å². The summed E-state index contributed by atoms with van der Waals surface area (Å²) in [6.07, 6.45) is -2.69. The Morgan fingerprint density at radius 1 is 1.08 bits per heavy atom. The van der Waals surface area contributed by atoms with Gasteiger partial charge in [0.05, 0.1) is 16.5 Å². The molecule has 1 heterocycles. The summed E-state index contributed by atoms with van der Waals surface area (Å²) < 4.78 is 49.2. The first-order valence-electron chi connectivity index (χ1n) is 7.88. The maximum Gasteiger partial charge on any atom is 0.400 e. The molecule has 0 amide bonds. The van der Waals surface area contributed by atoms with Crippen LogP contribution in [0.15, 0.2) is 64.5 Å². The third-order valence-corrected chi connectivity index (χ3v) is 5.16. The second kappa shape index (κ2) is 7.39. The van der Waals surface area contributed by atoms with E-state index < -0.39 is 22.7 Å². The topological polar surface area (TPSA) is 32.7 Å². The molecule has 1 aliphatic rings. The van der Waals surface area contributed by atoms with Crippen LogP contribution in [0.1, 0.15) is 12.8 Å². The molecule has 1 saturated heterocycles. The normalized spacial score (nSPS) is 17.9. The molecule has 3 nitrogen and oxygen atoms in total. The highest BCUT2D eigenvalue weighted by Crippen LogP contribution is 2.26. The Labute approximate surface area is 146 Å². The van der Waals surface area contributed by atoms with E-state index >= 15 is 0 Å². The zero-order valence-corrected chi connectivity index (χ0v) is 14.2. The lowest BCUT2D eigenvalue weighted by atomic mass is 10.3. The fourth-order valence-electron chi connectivity index (χ4n) is 2.74. The van der Waals surface area contributed by atoms with Crippen molar-refractivity contribution >= 4 is 28.0 Å². The minimum Gasteiger partial charge on any atom is -0.330 e. The van der Waals surface area contributed by atoms with E-state index in [2.05, 4.69) is 9.89 Å². The molecule has 25 heavy (non-hydrogen) atoms. The Morgan fingerprint density at radius 3 is 2.56 bits per heavy atom. The quantitative estimate of drug-likeness (QED) is 0.787. The summed E-state index contributed by atoms with van der Waals surface area (Å²) in [5, 5.41) is 0. The molecule has 3 rings (SSSR count). The molecule has 2 aromatic carbocycles. The first kappa shape index (κ1) is 17.7. The van der Waals surface area contributed by atoms with Crippen LogP contribution in [0.2, 0.25) is 0 Å². The van der Waals surface area contributed by atoms with Crippen LogP contribution in [0.5, 0.6) is 0 Å². The maximum absolute atomic E-state index is 12.4. The number of benzene rings is 2. The Hall–Kier alpha value is -2.15. The summed E-state index contributed by atoms with van der Waals surface area (Å²) in [7, 11) is -2.12. The summed E-state index contributed by atoms with van der Waals surface area (Å²) in [5.74, 6) is -0.478. The number of para-hydroxylation sites is 1. The van der Waals surface area contributed by atoms with Crippen LogP contribution in [-0.2, 0) is 10.8 Å². The minimum absolute atomic E-state index is 0.142. The molecule has 1 unspecified atom stereocenters. The lowest BCUT2D eigenvalue weighted by Gasteiger charge is -2.19. The smallest absolute Gasteiger partial charge is 0.330 e. The molecule has 0 saturated carbocycles. The fourth-order valence-corrected chi connectivity index (χ4v) is 3.68. The van der Waals surface area contributed by atoms with Crippen molar-refractivity contribution in [1.82, 2.24) is 0 Å². The van der Waals surface area contributed by atoms with Crippen molar-refractivity contribution in [2.24, 2.45) is 4.99 Å². The van der Waals surface area contributed by atoms with E-state index in [4.69, 9.17) is 0 Å². The van der Waals surface area contributed by atoms with E-state index in [1.54, 1.807) is 12.1 Å². The number of amidine groups is 1. The number of nitrogens with zero attached hydrogens (tertiary/aromatic N) is 2. The van der Waals surface area contributed by atoms with Crippen molar-refractivity contribution in [2.75, 3.05) is 17.2 Å². The van der Waals surface area contributed by atoms with Crippen LogP contribution in [0.25, 0.3) is 0 Å². The third kappa shape index (κ3) is 4.69. The molecular formula is C18H17F3N2OS. The maximum atomic E-state index is 12.4. The van der Waals surface area contributed by atoms with Crippen molar-refractivity contribution in [2.45, 2.75) is 23.9 Å². The van der Waals surface area contributed by atoms with Crippen molar-refractivity contribution in [3.63, 3.8) is 0 Å². The molecule has 0 aliphatic carbocycles. The predicted octanol–water partition coefficient (Wildman–Crippen LogP) is 4.69. The van der Waals surface area contributed by atoms with Crippen molar-refractivity contribution < 1.29 is 17.4 Å². The third-order valence-electron chi connectivity index (χ3n) is 3.79. The highest BCUT2D eigenvalue weighted by molar-refractivity contribution is 7.85. The second-order valence-corrected chi connectivity index (χ2v) is 7.17. The van der Waals surface area contributed by atoms with Gasteiger partial charge in [-0.05, 0) is 36.8 Å². The SMILES string of the molecule is O=S(CC(F)(F)F)c1cccc(N=C2CCCN2c2ccccc2)c1. The van der Waals surface area contributed by atoms with Gasteiger partial charge in [-0.15, -0.1) is 0 Å². The number of hydrogen-bond acceptors (Lipinski definition) is 2. The summed E-state index contributed by atoms with van der Waals surface area (Å²) in [4.78, 5) is 6.82. The van der Waals surface area contributed by atoms with Gasteiger partial charge in [-0.3, -0.25) is 4.21 Å². The number of alkyl halides is 3. The average molecular weight is 366 g/mol. The van der Waals surface area contributed by atoms with Crippen LogP contribution in [0.4, 0.5) is 24.5 Å². The molecular weight excluding hydrogens is 349 g/mol. The zero-order valence-electron chi connectivity index (χ0n) is 13.4. The summed E-state index contributed by atoms with van der Waals surface area (Å²) in [6, 6.07) is 16.0. The number of rotatable bonds is 4. The van der Waals surface area contributed by atoms with Gasteiger partial charge >= 0.3 is 6.18 Å². The number of aliphatic imine (C=N–C) groups is 1. The number of halogens is 3. The van der Waals surface area contributed by atoms with Gasteiger partial charge in [0.15, 0.2) is 0 Å². The molecule has 1 aliphatic heterocycles. The summed E-state index contributed by atoms with van der Waals surface area (Å²) in [5.41, 5.74) is 1.56. The molecule has 1 fully saturated rings. The lowest BCUT2D eigenvalue weighted by molar-refractivity contribution is -0.105. The molecule has 0 N–H and O–H groups in total. The van der Waals surface area contributed by atoms with Gasteiger partial charge in [-0.25, -0.2) is 4.99 Å². The molecule has 0 radical (unpaired) electrons.